The Bertz CT molecular complexity index is 813. The molecule has 0 bridgehead atoms. The van der Waals surface area contributed by atoms with Gasteiger partial charge in [-0.25, -0.2) is 4.68 Å². The van der Waals surface area contributed by atoms with Crippen molar-refractivity contribution in [2.24, 2.45) is 0 Å². The molecule has 2 amide bonds. The van der Waals surface area contributed by atoms with E-state index in [-0.39, 0.29) is 11.8 Å². The van der Waals surface area contributed by atoms with Crippen LogP contribution in [0.3, 0.4) is 0 Å². The number of benzene rings is 1. The van der Waals surface area contributed by atoms with Gasteiger partial charge >= 0.3 is 0 Å². The van der Waals surface area contributed by atoms with Crippen LogP contribution in [0.2, 0.25) is 0 Å². The van der Waals surface area contributed by atoms with Crippen LogP contribution in [0, 0.1) is 6.92 Å². The van der Waals surface area contributed by atoms with Crippen LogP contribution >= 0.6 is 0 Å². The third-order valence-corrected chi connectivity index (χ3v) is 4.64. The Balaban J connectivity index is 1.70. The van der Waals surface area contributed by atoms with Gasteiger partial charge in [0, 0.05) is 19.0 Å². The summed E-state index contributed by atoms with van der Waals surface area (Å²) in [5, 5.41) is 7.36. The summed E-state index contributed by atoms with van der Waals surface area (Å²) >= 11 is 0. The van der Waals surface area contributed by atoms with Crippen LogP contribution < -0.4 is 15.0 Å². The van der Waals surface area contributed by atoms with E-state index in [2.05, 4.69) is 10.4 Å². The summed E-state index contributed by atoms with van der Waals surface area (Å²) in [4.78, 5) is 26.9. The molecule has 144 valence electrons. The van der Waals surface area contributed by atoms with Crippen molar-refractivity contribution in [1.29, 1.82) is 0 Å². The first kappa shape index (κ1) is 18.9. The molecule has 0 saturated carbocycles. The van der Waals surface area contributed by atoms with E-state index in [0.717, 1.165) is 17.0 Å². The average molecular weight is 370 g/mol. The molecule has 0 saturated heterocycles. The number of ether oxygens (including phenoxy) is 1. The molecule has 7 nitrogen and oxygen atoms in total. The molecule has 1 aliphatic rings. The molecule has 3 rings (SSSR count). The van der Waals surface area contributed by atoms with E-state index in [1.807, 2.05) is 51.1 Å². The Labute approximate surface area is 159 Å². The highest BCUT2D eigenvalue weighted by Crippen LogP contribution is 2.26. The maximum absolute atomic E-state index is 12.8. The van der Waals surface area contributed by atoms with E-state index >= 15 is 0 Å². The second kappa shape index (κ2) is 8.24. The molecule has 1 aromatic heterocycles. The summed E-state index contributed by atoms with van der Waals surface area (Å²) in [5.41, 5.74) is 1.82. The lowest BCUT2D eigenvalue weighted by atomic mass is 10.1. The fourth-order valence-corrected chi connectivity index (χ4v) is 3.34. The largest absolute Gasteiger partial charge is 0.494 e. The Hall–Kier alpha value is -2.83. The average Bonchev–Trinajstić information content (AvgIpc) is 3.04. The quantitative estimate of drug-likeness (QED) is 0.812. The highest BCUT2D eigenvalue weighted by Gasteiger charge is 2.34. The van der Waals surface area contributed by atoms with Gasteiger partial charge in [0.05, 0.1) is 18.8 Å². The Morgan fingerprint density at radius 2 is 2.04 bits per heavy atom. The van der Waals surface area contributed by atoms with Crippen molar-refractivity contribution in [1.82, 2.24) is 15.1 Å². The lowest BCUT2D eigenvalue weighted by Crippen LogP contribution is -2.52. The summed E-state index contributed by atoms with van der Waals surface area (Å²) in [6.07, 6.45) is 0.891. The first-order chi connectivity index (χ1) is 13.0. The Kier molecular flexibility index (Phi) is 5.78. The zero-order chi connectivity index (χ0) is 19.4. The lowest BCUT2D eigenvalue weighted by Gasteiger charge is -2.33. The summed E-state index contributed by atoms with van der Waals surface area (Å²) in [6.45, 7) is 7.32. The van der Waals surface area contributed by atoms with Crippen molar-refractivity contribution >= 4 is 17.6 Å². The van der Waals surface area contributed by atoms with Gasteiger partial charge in [-0.1, -0.05) is 19.1 Å². The summed E-state index contributed by atoms with van der Waals surface area (Å²) in [5.74, 6) is 1.31. The van der Waals surface area contributed by atoms with Crippen molar-refractivity contribution in [3.05, 3.63) is 41.6 Å². The second-order valence-corrected chi connectivity index (χ2v) is 6.60. The summed E-state index contributed by atoms with van der Waals surface area (Å²) in [6, 6.07) is 8.94. The first-order valence-corrected chi connectivity index (χ1v) is 9.39. The van der Waals surface area contributed by atoms with Gasteiger partial charge in [-0.2, -0.15) is 5.10 Å². The van der Waals surface area contributed by atoms with Gasteiger partial charge in [0.25, 0.3) is 0 Å². The van der Waals surface area contributed by atoms with Crippen LogP contribution in [0.4, 0.5) is 5.82 Å². The number of hydrogen-bond acceptors (Lipinski definition) is 4. The van der Waals surface area contributed by atoms with Gasteiger partial charge in [-0.3, -0.25) is 14.5 Å². The maximum Gasteiger partial charge on any atom is 0.243 e. The number of carbonyl (C=O) groups is 2. The van der Waals surface area contributed by atoms with Crippen LogP contribution in [-0.2, 0) is 22.7 Å². The molecular weight excluding hydrogens is 344 g/mol. The Morgan fingerprint density at radius 3 is 2.70 bits per heavy atom. The zero-order valence-corrected chi connectivity index (χ0v) is 16.1. The van der Waals surface area contributed by atoms with Gasteiger partial charge in [-0.05, 0) is 38.0 Å². The fourth-order valence-electron chi connectivity index (χ4n) is 3.34. The number of carbonyl (C=O) groups excluding carboxylic acids is 2. The zero-order valence-electron chi connectivity index (χ0n) is 16.1. The van der Waals surface area contributed by atoms with Gasteiger partial charge in [0.15, 0.2) is 0 Å². The molecule has 2 heterocycles. The van der Waals surface area contributed by atoms with Crippen LogP contribution in [0.25, 0.3) is 0 Å². The van der Waals surface area contributed by atoms with E-state index < -0.39 is 6.04 Å². The SMILES string of the molecule is CCOc1ccc(CNC(=O)[C@@H](CC)N2C(=O)CCn3nc(C)cc32)cc1. The molecule has 1 aliphatic heterocycles. The third kappa shape index (κ3) is 4.13. The molecule has 0 fully saturated rings. The standard InChI is InChI=1S/C20H26N4O3/c1-4-17(24-18-12-14(3)22-23(18)11-10-19(24)25)20(26)21-13-15-6-8-16(9-7-15)27-5-2/h6-9,12,17H,4-5,10-11,13H2,1-3H3,(H,21,26)/t17-/m1/s1. The van der Waals surface area contributed by atoms with Crippen molar-refractivity contribution in [2.45, 2.75) is 52.7 Å². The fraction of sp³-hybridized carbons (Fsp3) is 0.450. The molecule has 1 atom stereocenters. The molecule has 0 radical (unpaired) electrons. The van der Waals surface area contributed by atoms with Crippen LogP contribution in [0.1, 0.15) is 37.9 Å². The number of hydrogen-bond donors (Lipinski definition) is 1. The minimum atomic E-state index is -0.546. The minimum absolute atomic E-state index is 0.0366. The van der Waals surface area contributed by atoms with E-state index in [1.54, 1.807) is 9.58 Å². The van der Waals surface area contributed by atoms with Crippen LogP contribution in [0.5, 0.6) is 5.75 Å². The number of rotatable bonds is 7. The molecule has 7 heteroatoms. The third-order valence-electron chi connectivity index (χ3n) is 4.64. The lowest BCUT2D eigenvalue weighted by molar-refractivity contribution is -0.127. The molecule has 0 aliphatic carbocycles. The van der Waals surface area contributed by atoms with E-state index in [4.69, 9.17) is 4.74 Å². The maximum atomic E-state index is 12.8. The number of nitrogens with zero attached hydrogens (tertiary/aromatic N) is 3. The summed E-state index contributed by atoms with van der Waals surface area (Å²) in [7, 11) is 0. The topological polar surface area (TPSA) is 76.5 Å². The normalized spacial score (nSPS) is 14.6. The number of aryl methyl sites for hydroxylation is 2. The van der Waals surface area contributed by atoms with E-state index in [0.29, 0.717) is 38.4 Å². The summed E-state index contributed by atoms with van der Waals surface area (Å²) < 4.78 is 7.23. The molecular formula is C20H26N4O3. The Morgan fingerprint density at radius 1 is 1.30 bits per heavy atom. The van der Waals surface area contributed by atoms with Crippen molar-refractivity contribution in [3.8, 4) is 5.75 Å². The monoisotopic (exact) mass is 370 g/mol. The van der Waals surface area contributed by atoms with Crippen molar-refractivity contribution in [3.63, 3.8) is 0 Å². The molecule has 1 aromatic carbocycles. The van der Waals surface area contributed by atoms with E-state index in [1.165, 1.54) is 0 Å². The number of fused-ring (bicyclic) bond motifs is 1. The van der Waals surface area contributed by atoms with Gasteiger partial charge in [0.2, 0.25) is 11.8 Å². The van der Waals surface area contributed by atoms with Crippen LogP contribution in [-0.4, -0.2) is 34.2 Å². The van der Waals surface area contributed by atoms with Crippen LogP contribution in [0.15, 0.2) is 30.3 Å². The highest BCUT2D eigenvalue weighted by atomic mass is 16.5. The predicted molar refractivity (Wildman–Crippen MR) is 103 cm³/mol. The van der Waals surface area contributed by atoms with E-state index in [9.17, 15) is 9.59 Å². The number of nitrogens with one attached hydrogen (secondary N) is 1. The van der Waals surface area contributed by atoms with Gasteiger partial charge in [-0.15, -0.1) is 0 Å². The molecule has 27 heavy (non-hydrogen) atoms. The smallest absolute Gasteiger partial charge is 0.243 e. The second-order valence-electron chi connectivity index (χ2n) is 6.60. The van der Waals surface area contributed by atoms with Crippen molar-refractivity contribution < 1.29 is 14.3 Å². The molecule has 0 spiro atoms. The van der Waals surface area contributed by atoms with Crippen molar-refractivity contribution in [2.75, 3.05) is 11.5 Å². The molecule has 1 N–H and O–H groups in total. The first-order valence-electron chi connectivity index (χ1n) is 9.39. The van der Waals surface area contributed by atoms with Gasteiger partial charge < -0.3 is 10.1 Å². The minimum Gasteiger partial charge on any atom is -0.494 e. The molecule has 0 unspecified atom stereocenters. The predicted octanol–water partition coefficient (Wildman–Crippen LogP) is 2.42. The van der Waals surface area contributed by atoms with Gasteiger partial charge in [0.1, 0.15) is 17.6 Å². The number of amides is 2. The molecule has 2 aromatic rings. The number of aromatic nitrogens is 2. The number of anilines is 1. The highest BCUT2D eigenvalue weighted by molar-refractivity contribution is 6.00.